The predicted octanol–water partition coefficient (Wildman–Crippen LogP) is 4.39. The van der Waals surface area contributed by atoms with Gasteiger partial charge in [-0.1, -0.05) is 6.08 Å². The number of hydrogen-bond donors (Lipinski definition) is 1. The van der Waals surface area contributed by atoms with Crippen LogP contribution in [-0.4, -0.2) is 35.7 Å². The van der Waals surface area contributed by atoms with Crippen molar-refractivity contribution < 1.29 is 28.2 Å². The van der Waals surface area contributed by atoms with E-state index in [2.05, 4.69) is 4.98 Å². The number of rotatable bonds is 10. The highest BCUT2D eigenvalue weighted by molar-refractivity contribution is 5.93. The molecule has 0 aliphatic heterocycles. The van der Waals surface area contributed by atoms with Crippen LogP contribution in [0.25, 0.3) is 11.5 Å². The first-order chi connectivity index (χ1) is 16.2. The molecule has 2 N–H and O–H groups in total. The van der Waals surface area contributed by atoms with E-state index >= 15 is 0 Å². The van der Waals surface area contributed by atoms with Gasteiger partial charge in [0.15, 0.2) is 5.60 Å². The first-order valence-corrected chi connectivity index (χ1v) is 11.1. The lowest BCUT2D eigenvalue weighted by molar-refractivity contribution is -0.162. The normalized spacial score (nSPS) is 13.5. The lowest BCUT2D eigenvalue weighted by atomic mass is 10.1. The smallest absolute Gasteiger partial charge is 0.349 e. The summed E-state index contributed by atoms with van der Waals surface area (Å²) in [7, 11) is 0. The number of nitrogens with two attached hydrogens (primary N) is 1. The summed E-state index contributed by atoms with van der Waals surface area (Å²) in [5, 5.41) is 0. The molecule has 3 rings (SSSR count). The van der Waals surface area contributed by atoms with Crippen molar-refractivity contribution in [2.24, 2.45) is 5.73 Å². The number of aryl methyl sites for hydroxylation is 1. The molecule has 0 atom stereocenters. The molecule has 0 unspecified atom stereocenters. The topological polar surface area (TPSA) is 114 Å². The highest BCUT2D eigenvalue weighted by Gasteiger charge is 2.31. The molecule has 2 aromatic rings. The molecule has 8 nitrogen and oxygen atoms in total. The monoisotopic (exact) mass is 466 g/mol. The standard InChI is InChI=1S/C26H30N2O6/c1-5-31-25(30)26(3,4)34-21-8-6-7-20(13-14-21)32-16-15-22-17(2)33-24(28-22)19-11-9-18(10-12-19)23(27)29/h6,8-14H,5,7,15-16H2,1-4H3,(H2,27,29). The number of hydrogen-bond acceptors (Lipinski definition) is 7. The minimum Gasteiger partial charge on any atom is -0.497 e. The molecule has 0 bridgehead atoms. The molecule has 0 saturated carbocycles. The molecule has 0 spiro atoms. The van der Waals surface area contributed by atoms with Gasteiger partial charge in [0.2, 0.25) is 11.8 Å². The summed E-state index contributed by atoms with van der Waals surface area (Å²) in [5.41, 5.74) is 6.19. The summed E-state index contributed by atoms with van der Waals surface area (Å²) in [4.78, 5) is 27.9. The quantitative estimate of drug-likeness (QED) is 0.516. The number of primary amides is 1. The van der Waals surface area contributed by atoms with Gasteiger partial charge in [-0.25, -0.2) is 9.78 Å². The Morgan fingerprint density at radius 2 is 1.91 bits per heavy atom. The van der Waals surface area contributed by atoms with E-state index in [9.17, 15) is 9.59 Å². The number of carbonyl (C=O) groups is 2. The first kappa shape index (κ1) is 24.8. The summed E-state index contributed by atoms with van der Waals surface area (Å²) < 4.78 is 22.6. The van der Waals surface area contributed by atoms with E-state index in [1.54, 1.807) is 51.1 Å². The SMILES string of the molecule is CCOC(=O)C(C)(C)OC1=CC=C(OCCc2nc(-c3ccc(C(N)=O)cc3)oc2C)CC=C1. The number of esters is 1. The Hall–Kier alpha value is -3.81. The van der Waals surface area contributed by atoms with E-state index in [1.165, 1.54) is 0 Å². The lowest BCUT2D eigenvalue weighted by Crippen LogP contribution is -2.36. The second-order valence-corrected chi connectivity index (χ2v) is 8.20. The zero-order valence-corrected chi connectivity index (χ0v) is 19.9. The first-order valence-electron chi connectivity index (χ1n) is 11.1. The molecule has 0 saturated heterocycles. The van der Waals surface area contributed by atoms with Gasteiger partial charge in [0.05, 0.1) is 24.7 Å². The summed E-state index contributed by atoms with van der Waals surface area (Å²) in [6.45, 7) is 7.68. The molecule has 8 heteroatoms. The third kappa shape index (κ3) is 6.37. The van der Waals surface area contributed by atoms with Crippen molar-refractivity contribution in [2.75, 3.05) is 13.2 Å². The van der Waals surface area contributed by atoms with Crippen molar-refractivity contribution in [3.63, 3.8) is 0 Å². The molecule has 0 radical (unpaired) electrons. The van der Waals surface area contributed by atoms with Crippen LogP contribution in [0.5, 0.6) is 0 Å². The second-order valence-electron chi connectivity index (χ2n) is 8.20. The summed E-state index contributed by atoms with van der Waals surface area (Å²) >= 11 is 0. The van der Waals surface area contributed by atoms with E-state index in [1.807, 2.05) is 25.2 Å². The van der Waals surface area contributed by atoms with E-state index in [0.717, 1.165) is 17.0 Å². The number of carbonyl (C=O) groups excluding carboxylic acids is 2. The molecule has 1 aromatic heterocycles. The number of nitrogens with zero attached hydrogens (tertiary/aromatic N) is 1. The van der Waals surface area contributed by atoms with Gasteiger partial charge >= 0.3 is 5.97 Å². The summed E-state index contributed by atoms with van der Waals surface area (Å²) in [6, 6.07) is 6.80. The van der Waals surface area contributed by atoms with Crippen LogP contribution in [0.15, 0.2) is 64.5 Å². The Kier molecular flexibility index (Phi) is 7.94. The largest absolute Gasteiger partial charge is 0.497 e. The van der Waals surface area contributed by atoms with Crippen LogP contribution in [0, 0.1) is 6.92 Å². The Labute approximate surface area is 199 Å². The van der Waals surface area contributed by atoms with Crippen molar-refractivity contribution in [3.05, 3.63) is 77.1 Å². The number of amides is 1. The van der Waals surface area contributed by atoms with Crippen molar-refractivity contribution in [1.29, 1.82) is 0 Å². The summed E-state index contributed by atoms with van der Waals surface area (Å²) in [6.07, 6.45) is 8.50. The van der Waals surface area contributed by atoms with Crippen LogP contribution in [0.3, 0.4) is 0 Å². The van der Waals surface area contributed by atoms with Gasteiger partial charge in [0.25, 0.3) is 0 Å². The van der Waals surface area contributed by atoms with Gasteiger partial charge in [-0.3, -0.25) is 4.79 Å². The van der Waals surface area contributed by atoms with Crippen molar-refractivity contribution in [3.8, 4) is 11.5 Å². The van der Waals surface area contributed by atoms with E-state index in [0.29, 0.717) is 49.0 Å². The molecule has 1 aliphatic rings. The molecule has 1 heterocycles. The average molecular weight is 467 g/mol. The number of ether oxygens (including phenoxy) is 3. The van der Waals surface area contributed by atoms with Gasteiger partial charge in [-0.2, -0.15) is 0 Å². The predicted molar refractivity (Wildman–Crippen MR) is 127 cm³/mol. The van der Waals surface area contributed by atoms with Crippen LogP contribution >= 0.6 is 0 Å². The molecular weight excluding hydrogens is 436 g/mol. The van der Waals surface area contributed by atoms with Gasteiger partial charge < -0.3 is 24.4 Å². The summed E-state index contributed by atoms with van der Waals surface area (Å²) in [5.74, 6) is 1.62. The van der Waals surface area contributed by atoms with Gasteiger partial charge in [-0.15, -0.1) is 0 Å². The van der Waals surface area contributed by atoms with Gasteiger partial charge in [0.1, 0.15) is 11.5 Å². The number of oxazole rings is 1. The van der Waals surface area contributed by atoms with E-state index in [-0.39, 0.29) is 0 Å². The third-order valence-corrected chi connectivity index (χ3v) is 5.11. The van der Waals surface area contributed by atoms with Crippen LogP contribution < -0.4 is 5.73 Å². The maximum Gasteiger partial charge on any atom is 0.349 e. The highest BCUT2D eigenvalue weighted by atomic mass is 16.6. The Morgan fingerprint density at radius 3 is 2.59 bits per heavy atom. The fourth-order valence-electron chi connectivity index (χ4n) is 3.25. The third-order valence-electron chi connectivity index (χ3n) is 5.11. The maximum absolute atomic E-state index is 12.1. The average Bonchev–Trinajstić information content (AvgIpc) is 3.02. The zero-order chi connectivity index (χ0) is 24.7. The number of benzene rings is 1. The fraction of sp³-hybridized carbons (Fsp3) is 0.346. The van der Waals surface area contributed by atoms with E-state index in [4.69, 9.17) is 24.4 Å². The Balaban J connectivity index is 1.58. The van der Waals surface area contributed by atoms with Crippen molar-refractivity contribution >= 4 is 11.9 Å². The van der Waals surface area contributed by atoms with Crippen LogP contribution in [0.4, 0.5) is 0 Å². The maximum atomic E-state index is 12.1. The van der Waals surface area contributed by atoms with Crippen molar-refractivity contribution in [1.82, 2.24) is 4.98 Å². The Morgan fingerprint density at radius 1 is 1.18 bits per heavy atom. The highest BCUT2D eigenvalue weighted by Crippen LogP contribution is 2.24. The zero-order valence-electron chi connectivity index (χ0n) is 19.9. The number of aromatic nitrogens is 1. The number of allylic oxidation sites excluding steroid dienone is 4. The fourth-order valence-corrected chi connectivity index (χ4v) is 3.25. The van der Waals surface area contributed by atoms with Crippen molar-refractivity contribution in [2.45, 2.75) is 46.1 Å². The second kappa shape index (κ2) is 10.9. The molecule has 180 valence electrons. The molecule has 1 aliphatic carbocycles. The minimum atomic E-state index is -1.09. The van der Waals surface area contributed by atoms with Gasteiger partial charge in [0, 0.05) is 24.0 Å². The van der Waals surface area contributed by atoms with Crippen LogP contribution in [-0.2, 0) is 25.4 Å². The minimum absolute atomic E-state index is 0.298. The van der Waals surface area contributed by atoms with Gasteiger partial charge in [-0.05, 0) is 70.2 Å². The molecule has 0 fully saturated rings. The Bertz CT molecular complexity index is 1120. The molecule has 1 amide bonds. The van der Waals surface area contributed by atoms with Crippen LogP contribution in [0.1, 0.15) is 49.0 Å². The van der Waals surface area contributed by atoms with E-state index < -0.39 is 17.5 Å². The molecular formula is C26H30N2O6. The molecule has 1 aromatic carbocycles. The lowest BCUT2D eigenvalue weighted by Gasteiger charge is -2.24. The van der Waals surface area contributed by atoms with Crippen LogP contribution in [0.2, 0.25) is 0 Å². The molecule has 34 heavy (non-hydrogen) atoms.